The molecule has 1 aliphatic rings. The van der Waals surface area contributed by atoms with Crippen LogP contribution in [0.2, 0.25) is 0 Å². The lowest BCUT2D eigenvalue weighted by Crippen LogP contribution is -2.23. The highest BCUT2D eigenvalue weighted by Gasteiger charge is 2.28. The minimum Gasteiger partial charge on any atom is -0.496 e. The van der Waals surface area contributed by atoms with Crippen LogP contribution >= 0.6 is 22.6 Å². The predicted molar refractivity (Wildman–Crippen MR) is 105 cm³/mol. The highest BCUT2D eigenvalue weighted by atomic mass is 127. The quantitative estimate of drug-likeness (QED) is 0.497. The van der Waals surface area contributed by atoms with Gasteiger partial charge in [0.1, 0.15) is 17.3 Å². The number of ether oxygens (including phenoxy) is 2. The van der Waals surface area contributed by atoms with Gasteiger partial charge in [0.15, 0.2) is 11.6 Å². The summed E-state index contributed by atoms with van der Waals surface area (Å²) in [5.74, 6) is -0.326. The molecule has 0 aromatic heterocycles. The number of likely N-dealkylation sites (N-methyl/N-ethyl adjacent to an activating group) is 1. The highest BCUT2D eigenvalue weighted by Crippen LogP contribution is 2.43. The van der Waals surface area contributed by atoms with E-state index in [1.54, 1.807) is 25.3 Å². The molecule has 1 unspecified atom stereocenters. The van der Waals surface area contributed by atoms with Crippen LogP contribution in [0.3, 0.4) is 0 Å². The standard InChI is InChI=1S/C19H17F2IN2O2/c1-24-8-7-17(25-2)18(22)19(24)13-10-12(23)4-6-15(13)26-16-5-3-11(20)9-14(16)21/h3-10,19H,23H2,1-2H3. The Kier molecular flexibility index (Phi) is 5.36. The van der Waals surface area contributed by atoms with Crippen molar-refractivity contribution in [3.8, 4) is 11.5 Å². The Morgan fingerprint density at radius 1 is 1.12 bits per heavy atom. The Morgan fingerprint density at radius 2 is 1.85 bits per heavy atom. The Bertz CT molecular complexity index is 899. The SMILES string of the molecule is COC1=C(I)C(c2cc(N)ccc2Oc2ccc(F)cc2F)N(C)C=C1. The maximum Gasteiger partial charge on any atom is 0.168 e. The first kappa shape index (κ1) is 18.5. The van der Waals surface area contributed by atoms with Crippen molar-refractivity contribution in [2.24, 2.45) is 0 Å². The van der Waals surface area contributed by atoms with E-state index in [1.807, 2.05) is 24.2 Å². The topological polar surface area (TPSA) is 47.7 Å². The Balaban J connectivity index is 2.06. The Morgan fingerprint density at radius 3 is 2.54 bits per heavy atom. The maximum atomic E-state index is 14.0. The summed E-state index contributed by atoms with van der Waals surface area (Å²) in [6.07, 6.45) is 3.75. The van der Waals surface area contributed by atoms with E-state index in [9.17, 15) is 8.78 Å². The first-order valence-corrected chi connectivity index (χ1v) is 8.84. The summed E-state index contributed by atoms with van der Waals surface area (Å²) in [6.45, 7) is 0. The number of nitrogens with zero attached hydrogens (tertiary/aromatic N) is 1. The number of hydrogen-bond acceptors (Lipinski definition) is 4. The van der Waals surface area contributed by atoms with E-state index in [-0.39, 0.29) is 11.8 Å². The van der Waals surface area contributed by atoms with Crippen LogP contribution in [0.1, 0.15) is 11.6 Å². The number of methoxy groups -OCH3 is 1. The van der Waals surface area contributed by atoms with Crippen molar-refractivity contribution in [2.75, 3.05) is 19.9 Å². The van der Waals surface area contributed by atoms with Crippen LogP contribution < -0.4 is 10.5 Å². The number of hydrogen-bond donors (Lipinski definition) is 1. The van der Waals surface area contributed by atoms with E-state index in [2.05, 4.69) is 22.6 Å². The van der Waals surface area contributed by atoms with Gasteiger partial charge in [-0.25, -0.2) is 8.78 Å². The molecular formula is C19H17F2IN2O2. The fourth-order valence-electron chi connectivity index (χ4n) is 2.74. The van der Waals surface area contributed by atoms with E-state index >= 15 is 0 Å². The lowest BCUT2D eigenvalue weighted by Gasteiger charge is -2.32. The lowest BCUT2D eigenvalue weighted by molar-refractivity contribution is 0.281. The van der Waals surface area contributed by atoms with Crippen LogP contribution in [0.5, 0.6) is 11.5 Å². The fraction of sp³-hybridized carbons (Fsp3) is 0.158. The second-order valence-electron chi connectivity index (χ2n) is 5.77. The summed E-state index contributed by atoms with van der Waals surface area (Å²) in [5.41, 5.74) is 7.27. The zero-order valence-corrected chi connectivity index (χ0v) is 16.3. The van der Waals surface area contributed by atoms with Crippen molar-refractivity contribution in [1.29, 1.82) is 0 Å². The molecule has 0 radical (unpaired) electrons. The molecule has 26 heavy (non-hydrogen) atoms. The van der Waals surface area contributed by atoms with E-state index in [1.165, 1.54) is 6.07 Å². The van der Waals surface area contributed by atoms with Gasteiger partial charge in [-0.2, -0.15) is 0 Å². The zero-order valence-electron chi connectivity index (χ0n) is 14.2. The summed E-state index contributed by atoms with van der Waals surface area (Å²) in [7, 11) is 3.52. The van der Waals surface area contributed by atoms with Crippen molar-refractivity contribution in [1.82, 2.24) is 4.90 Å². The average Bonchev–Trinajstić information content (AvgIpc) is 2.59. The Hall–Kier alpha value is -2.29. The largest absolute Gasteiger partial charge is 0.496 e. The molecule has 0 spiro atoms. The van der Waals surface area contributed by atoms with E-state index in [0.717, 1.165) is 27.0 Å². The fourth-order valence-corrected chi connectivity index (χ4v) is 3.91. The molecule has 2 N–H and O–H groups in total. The van der Waals surface area contributed by atoms with Crippen LogP contribution in [0, 0.1) is 11.6 Å². The summed E-state index contributed by atoms with van der Waals surface area (Å²) in [5, 5.41) is 0. The summed E-state index contributed by atoms with van der Waals surface area (Å²) < 4.78 is 39.3. The first-order chi connectivity index (χ1) is 12.4. The highest BCUT2D eigenvalue weighted by molar-refractivity contribution is 14.1. The predicted octanol–water partition coefficient (Wildman–Crippen LogP) is 5.13. The molecule has 1 heterocycles. The molecule has 0 saturated carbocycles. The normalized spacial score (nSPS) is 16.8. The molecule has 136 valence electrons. The third kappa shape index (κ3) is 3.62. The average molecular weight is 470 g/mol. The minimum atomic E-state index is -0.771. The number of nitrogen functional groups attached to an aromatic ring is 1. The van der Waals surface area contributed by atoms with Gasteiger partial charge in [-0.05, 0) is 59.0 Å². The van der Waals surface area contributed by atoms with E-state index in [4.69, 9.17) is 15.2 Å². The van der Waals surface area contributed by atoms with Crippen molar-refractivity contribution in [3.05, 3.63) is 75.2 Å². The molecule has 0 aliphatic carbocycles. The molecule has 2 aromatic carbocycles. The van der Waals surface area contributed by atoms with Gasteiger partial charge >= 0.3 is 0 Å². The molecule has 0 amide bonds. The Labute approximate surface area is 164 Å². The second-order valence-corrected chi connectivity index (χ2v) is 6.94. The smallest absolute Gasteiger partial charge is 0.168 e. The molecule has 7 heteroatoms. The van der Waals surface area contributed by atoms with Crippen molar-refractivity contribution < 1.29 is 18.3 Å². The molecule has 1 aliphatic heterocycles. The van der Waals surface area contributed by atoms with Gasteiger partial charge in [0.2, 0.25) is 0 Å². The van der Waals surface area contributed by atoms with Crippen LogP contribution in [0.25, 0.3) is 0 Å². The number of nitrogens with two attached hydrogens (primary N) is 1. The lowest BCUT2D eigenvalue weighted by atomic mass is 10.0. The molecule has 1 atom stereocenters. The molecule has 0 saturated heterocycles. The van der Waals surface area contributed by atoms with E-state index < -0.39 is 11.6 Å². The van der Waals surface area contributed by atoms with Crippen LogP contribution in [-0.4, -0.2) is 19.1 Å². The van der Waals surface area contributed by atoms with Crippen molar-refractivity contribution in [2.45, 2.75) is 6.04 Å². The molecule has 2 aromatic rings. The van der Waals surface area contributed by atoms with Crippen molar-refractivity contribution >= 4 is 28.3 Å². The third-order valence-corrected chi connectivity index (χ3v) is 5.13. The zero-order chi connectivity index (χ0) is 18.8. The van der Waals surface area contributed by atoms with Gasteiger partial charge in [-0.15, -0.1) is 0 Å². The van der Waals surface area contributed by atoms with Crippen LogP contribution in [0.4, 0.5) is 14.5 Å². The first-order valence-electron chi connectivity index (χ1n) is 7.77. The summed E-state index contributed by atoms with van der Waals surface area (Å²) in [4.78, 5) is 1.98. The second kappa shape index (κ2) is 7.53. The summed E-state index contributed by atoms with van der Waals surface area (Å²) >= 11 is 2.21. The summed E-state index contributed by atoms with van der Waals surface area (Å²) in [6, 6.07) is 8.12. The van der Waals surface area contributed by atoms with Gasteiger partial charge < -0.3 is 20.1 Å². The maximum absolute atomic E-state index is 14.0. The van der Waals surface area contributed by atoms with Gasteiger partial charge in [-0.3, -0.25) is 0 Å². The molecule has 3 rings (SSSR count). The molecule has 0 bridgehead atoms. The third-order valence-electron chi connectivity index (χ3n) is 4.01. The minimum absolute atomic E-state index is 0.0580. The number of allylic oxidation sites excluding steroid dienone is 1. The number of halogens is 3. The van der Waals surface area contributed by atoms with Crippen LogP contribution in [-0.2, 0) is 4.74 Å². The van der Waals surface area contributed by atoms with Gasteiger partial charge in [0.05, 0.1) is 16.7 Å². The van der Waals surface area contributed by atoms with Gasteiger partial charge in [0.25, 0.3) is 0 Å². The van der Waals surface area contributed by atoms with Gasteiger partial charge in [-0.1, -0.05) is 0 Å². The monoisotopic (exact) mass is 470 g/mol. The van der Waals surface area contributed by atoms with E-state index in [0.29, 0.717) is 11.4 Å². The number of rotatable bonds is 4. The number of anilines is 1. The molecular weight excluding hydrogens is 453 g/mol. The van der Waals surface area contributed by atoms with Gasteiger partial charge in [0, 0.05) is 30.6 Å². The van der Waals surface area contributed by atoms with Crippen molar-refractivity contribution in [3.63, 3.8) is 0 Å². The van der Waals surface area contributed by atoms with Crippen LogP contribution in [0.15, 0.2) is 58.0 Å². The molecule has 0 fully saturated rings. The molecule has 4 nitrogen and oxygen atoms in total. The number of benzene rings is 2.